The first-order chi connectivity index (χ1) is 8.69. The number of aliphatic hydroxyl groups excluding tert-OH is 1. The van der Waals surface area contributed by atoms with E-state index in [9.17, 15) is 13.2 Å². The maximum absolute atomic E-state index is 12.1. The number of carboxylic acids is 1. The molecule has 1 aromatic rings. The maximum atomic E-state index is 12.1. The molecule has 0 aliphatic heterocycles. The van der Waals surface area contributed by atoms with Crippen molar-refractivity contribution >= 4 is 31.9 Å². The van der Waals surface area contributed by atoms with Gasteiger partial charge in [0.1, 0.15) is 0 Å². The van der Waals surface area contributed by atoms with Crippen molar-refractivity contribution in [1.29, 1.82) is 0 Å². The molecule has 0 fully saturated rings. The molecule has 0 saturated heterocycles. The third-order valence-corrected chi connectivity index (χ3v) is 5.32. The number of aromatic carboxylic acids is 1. The fourth-order valence-corrected chi connectivity index (χ4v) is 3.70. The van der Waals surface area contributed by atoms with Gasteiger partial charge in [-0.3, -0.25) is 0 Å². The topological polar surface area (TPSA) is 104 Å². The van der Waals surface area contributed by atoms with Crippen molar-refractivity contribution in [2.75, 3.05) is 6.61 Å². The van der Waals surface area contributed by atoms with Crippen molar-refractivity contribution in [2.24, 2.45) is 0 Å². The second-order valence-corrected chi connectivity index (χ2v) is 6.59. The van der Waals surface area contributed by atoms with Crippen LogP contribution >= 0.6 is 15.9 Å². The zero-order valence-corrected chi connectivity index (χ0v) is 12.7. The van der Waals surface area contributed by atoms with Gasteiger partial charge < -0.3 is 10.2 Å². The van der Waals surface area contributed by atoms with E-state index in [0.717, 1.165) is 6.07 Å². The van der Waals surface area contributed by atoms with Crippen LogP contribution in [0.25, 0.3) is 0 Å². The average molecular weight is 352 g/mol. The molecule has 0 unspecified atom stereocenters. The van der Waals surface area contributed by atoms with E-state index in [4.69, 9.17) is 10.2 Å². The van der Waals surface area contributed by atoms with Crippen LogP contribution < -0.4 is 4.72 Å². The Hall–Kier alpha value is -0.960. The lowest BCUT2D eigenvalue weighted by Crippen LogP contribution is -2.35. The Labute approximate surface area is 119 Å². The molecule has 1 atom stereocenters. The van der Waals surface area contributed by atoms with Gasteiger partial charge in [0.15, 0.2) is 0 Å². The molecular weight excluding hydrogens is 338 g/mol. The normalized spacial score (nSPS) is 13.3. The van der Waals surface area contributed by atoms with Crippen molar-refractivity contribution < 1.29 is 23.4 Å². The van der Waals surface area contributed by atoms with Crippen LogP contribution in [0.2, 0.25) is 0 Å². The van der Waals surface area contributed by atoms with Crippen molar-refractivity contribution in [3.05, 3.63) is 27.7 Å². The second kappa shape index (κ2) is 6.00. The number of benzene rings is 1. The van der Waals surface area contributed by atoms with Gasteiger partial charge in [-0.25, -0.2) is 17.9 Å². The van der Waals surface area contributed by atoms with E-state index in [2.05, 4.69) is 20.7 Å². The van der Waals surface area contributed by atoms with E-state index in [-0.39, 0.29) is 17.1 Å². The molecule has 0 heterocycles. The summed E-state index contributed by atoms with van der Waals surface area (Å²) in [6.45, 7) is 2.75. The quantitative estimate of drug-likeness (QED) is 0.737. The van der Waals surface area contributed by atoms with Crippen LogP contribution in [-0.4, -0.2) is 37.2 Å². The number of aliphatic hydroxyl groups is 1. The standard InChI is InChI=1S/C11H14BrNO5S/c1-6-3-8(11(15)16)4-9(10(6)12)19(17,18)13-7(2)5-14/h3-4,7,13-14H,5H2,1-2H3,(H,15,16)/t7-/m0/s1. The minimum atomic E-state index is -3.90. The number of sulfonamides is 1. The first kappa shape index (κ1) is 16.1. The van der Waals surface area contributed by atoms with Crippen LogP contribution in [0.1, 0.15) is 22.8 Å². The zero-order valence-electron chi connectivity index (χ0n) is 10.3. The Morgan fingerprint density at radius 3 is 2.53 bits per heavy atom. The van der Waals surface area contributed by atoms with Crippen LogP contribution in [0.4, 0.5) is 0 Å². The first-order valence-electron chi connectivity index (χ1n) is 5.35. The average Bonchev–Trinajstić information content (AvgIpc) is 2.31. The highest BCUT2D eigenvalue weighted by Gasteiger charge is 2.23. The van der Waals surface area contributed by atoms with Crippen LogP contribution in [-0.2, 0) is 10.0 Å². The SMILES string of the molecule is Cc1cc(C(=O)O)cc(S(=O)(=O)N[C@@H](C)CO)c1Br. The molecule has 0 bridgehead atoms. The Kier molecular flexibility index (Phi) is 5.08. The van der Waals surface area contributed by atoms with Crippen molar-refractivity contribution in [3.63, 3.8) is 0 Å². The maximum Gasteiger partial charge on any atom is 0.335 e. The molecule has 0 aromatic heterocycles. The summed E-state index contributed by atoms with van der Waals surface area (Å²) in [5.74, 6) is -1.21. The fourth-order valence-electron chi connectivity index (χ4n) is 1.42. The summed E-state index contributed by atoms with van der Waals surface area (Å²) in [5, 5.41) is 17.8. The molecule has 0 aliphatic carbocycles. The van der Waals surface area contributed by atoms with Crippen molar-refractivity contribution in [2.45, 2.75) is 24.8 Å². The Morgan fingerprint density at radius 2 is 2.05 bits per heavy atom. The van der Waals surface area contributed by atoms with E-state index < -0.39 is 22.0 Å². The van der Waals surface area contributed by atoms with E-state index in [1.165, 1.54) is 13.0 Å². The number of halogens is 1. The summed E-state index contributed by atoms with van der Waals surface area (Å²) in [6.07, 6.45) is 0. The summed E-state index contributed by atoms with van der Waals surface area (Å²) in [6, 6.07) is 1.79. The van der Waals surface area contributed by atoms with Crippen molar-refractivity contribution in [3.8, 4) is 0 Å². The van der Waals surface area contributed by atoms with Crippen LogP contribution in [0.5, 0.6) is 0 Å². The number of aryl methyl sites for hydroxylation is 1. The molecule has 0 radical (unpaired) electrons. The predicted octanol–water partition coefficient (Wildman–Crippen LogP) is 1.11. The minimum absolute atomic E-state index is 0.113. The molecule has 0 aliphatic rings. The van der Waals surface area contributed by atoms with Gasteiger partial charge in [0, 0.05) is 10.5 Å². The Balaban J connectivity index is 3.37. The first-order valence-corrected chi connectivity index (χ1v) is 7.63. The van der Waals surface area contributed by atoms with E-state index in [0.29, 0.717) is 10.0 Å². The minimum Gasteiger partial charge on any atom is -0.478 e. The number of carbonyl (C=O) groups is 1. The van der Waals surface area contributed by atoms with Gasteiger partial charge >= 0.3 is 5.97 Å². The summed E-state index contributed by atoms with van der Waals surface area (Å²) < 4.78 is 26.8. The third-order valence-electron chi connectivity index (χ3n) is 2.39. The van der Waals surface area contributed by atoms with Gasteiger partial charge in [0.25, 0.3) is 0 Å². The number of rotatable bonds is 5. The number of nitrogens with one attached hydrogen (secondary N) is 1. The van der Waals surface area contributed by atoms with E-state index in [1.54, 1.807) is 6.92 Å². The zero-order chi connectivity index (χ0) is 14.8. The third kappa shape index (κ3) is 3.75. The fraction of sp³-hybridized carbons (Fsp3) is 0.364. The number of hydrogen-bond donors (Lipinski definition) is 3. The molecule has 3 N–H and O–H groups in total. The lowest BCUT2D eigenvalue weighted by molar-refractivity contribution is 0.0696. The highest BCUT2D eigenvalue weighted by molar-refractivity contribution is 9.10. The number of carboxylic acid groups (broad SMARTS) is 1. The Morgan fingerprint density at radius 1 is 1.47 bits per heavy atom. The summed E-state index contributed by atoms with van der Waals surface area (Å²) in [7, 11) is -3.90. The second-order valence-electron chi connectivity index (χ2n) is 4.12. The summed E-state index contributed by atoms with van der Waals surface area (Å²) in [4.78, 5) is 10.8. The van der Waals surface area contributed by atoms with Gasteiger partial charge in [-0.05, 0) is 47.5 Å². The van der Waals surface area contributed by atoms with Gasteiger partial charge in [0.05, 0.1) is 17.1 Å². The van der Waals surface area contributed by atoms with Gasteiger partial charge in [-0.2, -0.15) is 0 Å². The molecule has 19 heavy (non-hydrogen) atoms. The molecule has 1 aromatic carbocycles. The number of hydrogen-bond acceptors (Lipinski definition) is 4. The highest BCUT2D eigenvalue weighted by Crippen LogP contribution is 2.27. The molecule has 1 rings (SSSR count). The lowest BCUT2D eigenvalue weighted by atomic mass is 10.1. The van der Waals surface area contributed by atoms with E-state index in [1.807, 2.05) is 0 Å². The van der Waals surface area contributed by atoms with Crippen LogP contribution in [0.15, 0.2) is 21.5 Å². The lowest BCUT2D eigenvalue weighted by Gasteiger charge is -2.14. The highest BCUT2D eigenvalue weighted by atomic mass is 79.9. The Bertz CT molecular complexity index is 599. The largest absolute Gasteiger partial charge is 0.478 e. The predicted molar refractivity (Wildman–Crippen MR) is 72.7 cm³/mol. The van der Waals surface area contributed by atoms with Crippen molar-refractivity contribution in [1.82, 2.24) is 4.72 Å². The van der Waals surface area contributed by atoms with Crippen LogP contribution in [0, 0.1) is 6.92 Å². The molecular formula is C11H14BrNO5S. The molecule has 106 valence electrons. The molecule has 0 saturated carbocycles. The molecule has 0 spiro atoms. The molecule has 0 amide bonds. The van der Waals surface area contributed by atoms with Crippen LogP contribution in [0.3, 0.4) is 0 Å². The monoisotopic (exact) mass is 351 g/mol. The van der Waals surface area contributed by atoms with Gasteiger partial charge in [0.2, 0.25) is 10.0 Å². The molecule has 8 heteroatoms. The van der Waals surface area contributed by atoms with Gasteiger partial charge in [-0.1, -0.05) is 0 Å². The van der Waals surface area contributed by atoms with Gasteiger partial charge in [-0.15, -0.1) is 0 Å². The smallest absolute Gasteiger partial charge is 0.335 e. The summed E-state index contributed by atoms with van der Waals surface area (Å²) in [5.41, 5.74) is 0.384. The summed E-state index contributed by atoms with van der Waals surface area (Å²) >= 11 is 3.14. The molecule has 6 nitrogen and oxygen atoms in total. The van der Waals surface area contributed by atoms with E-state index >= 15 is 0 Å².